The summed E-state index contributed by atoms with van der Waals surface area (Å²) < 4.78 is 5.80. The van der Waals surface area contributed by atoms with E-state index in [0.717, 1.165) is 30.5 Å². The van der Waals surface area contributed by atoms with Crippen LogP contribution in [0.5, 0.6) is 0 Å². The molecule has 0 bridgehead atoms. The van der Waals surface area contributed by atoms with Gasteiger partial charge in [0.15, 0.2) is 0 Å². The number of hydrogen-bond acceptors (Lipinski definition) is 5. The van der Waals surface area contributed by atoms with E-state index in [1.54, 1.807) is 0 Å². The number of oxazole rings is 1. The number of aliphatic hydroxyl groups is 1. The van der Waals surface area contributed by atoms with Crippen LogP contribution in [0.25, 0.3) is 11.5 Å². The summed E-state index contributed by atoms with van der Waals surface area (Å²) in [6.07, 6.45) is 1.29. The highest BCUT2D eigenvalue weighted by Crippen LogP contribution is 2.30. The molecule has 1 aliphatic rings. The maximum absolute atomic E-state index is 9.77. The lowest BCUT2D eigenvalue weighted by atomic mass is 10.1. The molecule has 0 spiro atoms. The number of piperidine rings is 1. The van der Waals surface area contributed by atoms with E-state index < -0.39 is 0 Å². The molecule has 0 unspecified atom stereocenters. The number of aliphatic hydroxyl groups excluding tert-OH is 1. The van der Waals surface area contributed by atoms with E-state index in [9.17, 15) is 10.4 Å². The van der Waals surface area contributed by atoms with Crippen molar-refractivity contribution < 1.29 is 9.52 Å². The zero-order valence-electron chi connectivity index (χ0n) is 11.9. The fourth-order valence-corrected chi connectivity index (χ4v) is 2.56. The SMILES string of the molecule is Cc1ccc(-c2nc(C#N)c(N3CCC[C@@H](O)C3)o2)cc1. The molecule has 5 nitrogen and oxygen atoms in total. The van der Waals surface area contributed by atoms with Crippen LogP contribution in [0, 0.1) is 18.3 Å². The monoisotopic (exact) mass is 283 g/mol. The first-order valence-corrected chi connectivity index (χ1v) is 7.08. The highest BCUT2D eigenvalue weighted by atomic mass is 16.4. The molecule has 3 rings (SSSR count). The van der Waals surface area contributed by atoms with Gasteiger partial charge in [-0.3, -0.25) is 0 Å². The van der Waals surface area contributed by atoms with Crippen molar-refractivity contribution in [2.24, 2.45) is 0 Å². The van der Waals surface area contributed by atoms with Gasteiger partial charge in [-0.2, -0.15) is 10.2 Å². The summed E-state index contributed by atoms with van der Waals surface area (Å²) in [6, 6.07) is 9.90. The lowest BCUT2D eigenvalue weighted by Crippen LogP contribution is -2.38. The van der Waals surface area contributed by atoms with Gasteiger partial charge in [-0.15, -0.1) is 0 Å². The van der Waals surface area contributed by atoms with Gasteiger partial charge in [-0.25, -0.2) is 0 Å². The first kappa shape index (κ1) is 13.7. The van der Waals surface area contributed by atoms with Crippen molar-refractivity contribution in [3.8, 4) is 17.5 Å². The van der Waals surface area contributed by atoms with Crippen LogP contribution in [0.2, 0.25) is 0 Å². The molecule has 1 aromatic carbocycles. The molecule has 21 heavy (non-hydrogen) atoms. The molecule has 0 saturated carbocycles. The third-order valence-corrected chi connectivity index (χ3v) is 3.70. The van der Waals surface area contributed by atoms with Crippen LogP contribution >= 0.6 is 0 Å². The van der Waals surface area contributed by atoms with Crippen molar-refractivity contribution in [1.29, 1.82) is 5.26 Å². The Balaban J connectivity index is 1.95. The third kappa shape index (κ3) is 2.76. The molecule has 1 N–H and O–H groups in total. The summed E-state index contributed by atoms with van der Waals surface area (Å²) in [7, 11) is 0. The van der Waals surface area contributed by atoms with Crippen LogP contribution in [0.15, 0.2) is 28.7 Å². The molecule has 1 saturated heterocycles. The smallest absolute Gasteiger partial charge is 0.235 e. The Morgan fingerprint density at radius 1 is 1.38 bits per heavy atom. The topological polar surface area (TPSA) is 73.3 Å². The molecule has 1 aromatic heterocycles. The number of benzene rings is 1. The lowest BCUT2D eigenvalue weighted by molar-refractivity contribution is 0.152. The van der Waals surface area contributed by atoms with Crippen molar-refractivity contribution >= 4 is 5.88 Å². The fraction of sp³-hybridized carbons (Fsp3) is 0.375. The Morgan fingerprint density at radius 3 is 2.81 bits per heavy atom. The van der Waals surface area contributed by atoms with Gasteiger partial charge in [0.05, 0.1) is 6.10 Å². The summed E-state index contributed by atoms with van der Waals surface area (Å²) in [5.74, 6) is 0.911. The van der Waals surface area contributed by atoms with E-state index in [4.69, 9.17) is 4.42 Å². The van der Waals surface area contributed by atoms with E-state index in [-0.39, 0.29) is 11.8 Å². The number of aromatic nitrogens is 1. The third-order valence-electron chi connectivity index (χ3n) is 3.70. The Labute approximate surface area is 123 Å². The molecule has 5 heteroatoms. The molecule has 0 radical (unpaired) electrons. The minimum atomic E-state index is -0.377. The molecule has 0 aliphatic carbocycles. The Hall–Kier alpha value is -2.32. The normalized spacial score (nSPS) is 18.5. The van der Waals surface area contributed by atoms with E-state index in [0.29, 0.717) is 18.3 Å². The fourth-order valence-electron chi connectivity index (χ4n) is 2.56. The van der Waals surface area contributed by atoms with Crippen LogP contribution in [-0.2, 0) is 0 Å². The number of β-amino-alcohol motifs (C(OH)–C–C–N with tert-alkyl or cyclic N) is 1. The standard InChI is InChI=1S/C16H17N3O2/c1-11-4-6-12(7-5-11)15-18-14(9-17)16(21-15)19-8-2-3-13(20)10-19/h4-7,13,20H,2-3,8,10H2,1H3/t13-/m1/s1. The van der Waals surface area contributed by atoms with Crippen LogP contribution in [0.4, 0.5) is 5.88 Å². The second-order valence-electron chi connectivity index (χ2n) is 5.39. The number of hydrogen-bond donors (Lipinski definition) is 1. The maximum atomic E-state index is 9.77. The maximum Gasteiger partial charge on any atom is 0.235 e. The van der Waals surface area contributed by atoms with E-state index >= 15 is 0 Å². The van der Waals surface area contributed by atoms with Crippen LogP contribution in [0.1, 0.15) is 24.1 Å². The minimum absolute atomic E-state index is 0.277. The quantitative estimate of drug-likeness (QED) is 0.916. The Kier molecular flexibility index (Phi) is 3.63. The van der Waals surface area contributed by atoms with Gasteiger partial charge >= 0.3 is 0 Å². The van der Waals surface area contributed by atoms with Crippen LogP contribution in [-0.4, -0.2) is 29.3 Å². The molecule has 2 aromatic rings. The van der Waals surface area contributed by atoms with Crippen molar-refractivity contribution in [2.45, 2.75) is 25.9 Å². The molecule has 108 valence electrons. The van der Waals surface area contributed by atoms with E-state index in [2.05, 4.69) is 11.1 Å². The second kappa shape index (κ2) is 5.58. The Bertz CT molecular complexity index is 670. The number of nitriles is 1. The first-order valence-electron chi connectivity index (χ1n) is 7.08. The predicted octanol–water partition coefficient (Wildman–Crippen LogP) is 2.48. The molecule has 2 heterocycles. The van der Waals surface area contributed by atoms with Crippen LogP contribution in [0.3, 0.4) is 0 Å². The van der Waals surface area contributed by atoms with Gasteiger partial charge in [-0.1, -0.05) is 17.7 Å². The summed E-state index contributed by atoms with van der Waals surface area (Å²) in [4.78, 5) is 6.18. The van der Waals surface area contributed by atoms with Gasteiger partial charge in [0.25, 0.3) is 0 Å². The minimum Gasteiger partial charge on any atom is -0.419 e. The number of rotatable bonds is 2. The van der Waals surface area contributed by atoms with Gasteiger partial charge in [0.1, 0.15) is 6.07 Å². The van der Waals surface area contributed by atoms with Crippen molar-refractivity contribution in [3.63, 3.8) is 0 Å². The highest BCUT2D eigenvalue weighted by molar-refractivity contribution is 5.60. The van der Waals surface area contributed by atoms with Crippen molar-refractivity contribution in [2.75, 3.05) is 18.0 Å². The number of aryl methyl sites for hydroxylation is 1. The first-order chi connectivity index (χ1) is 10.2. The van der Waals surface area contributed by atoms with E-state index in [1.165, 1.54) is 0 Å². The lowest BCUT2D eigenvalue weighted by Gasteiger charge is -2.29. The summed E-state index contributed by atoms with van der Waals surface area (Å²) in [6.45, 7) is 3.27. The van der Waals surface area contributed by atoms with Gasteiger partial charge in [0.2, 0.25) is 17.5 Å². The molecular weight excluding hydrogens is 266 g/mol. The largest absolute Gasteiger partial charge is 0.419 e. The summed E-state index contributed by atoms with van der Waals surface area (Å²) in [5.41, 5.74) is 2.28. The van der Waals surface area contributed by atoms with E-state index in [1.807, 2.05) is 36.1 Å². The van der Waals surface area contributed by atoms with Crippen molar-refractivity contribution in [3.05, 3.63) is 35.5 Å². The summed E-state index contributed by atoms with van der Waals surface area (Å²) in [5, 5.41) is 19.0. The highest BCUT2D eigenvalue weighted by Gasteiger charge is 2.25. The average Bonchev–Trinajstić information content (AvgIpc) is 2.92. The zero-order valence-corrected chi connectivity index (χ0v) is 11.9. The predicted molar refractivity (Wildman–Crippen MR) is 78.8 cm³/mol. The van der Waals surface area contributed by atoms with Gasteiger partial charge < -0.3 is 14.4 Å². The number of anilines is 1. The van der Waals surface area contributed by atoms with Gasteiger partial charge in [0, 0.05) is 18.7 Å². The van der Waals surface area contributed by atoms with Crippen molar-refractivity contribution in [1.82, 2.24) is 4.98 Å². The average molecular weight is 283 g/mol. The van der Waals surface area contributed by atoms with Crippen LogP contribution < -0.4 is 4.90 Å². The molecule has 0 amide bonds. The molecular formula is C16H17N3O2. The Morgan fingerprint density at radius 2 is 2.14 bits per heavy atom. The van der Waals surface area contributed by atoms with Gasteiger partial charge in [-0.05, 0) is 31.9 Å². The molecule has 1 atom stereocenters. The number of nitrogens with zero attached hydrogens (tertiary/aromatic N) is 3. The second-order valence-corrected chi connectivity index (χ2v) is 5.39. The molecule has 1 fully saturated rings. The summed E-state index contributed by atoms with van der Waals surface area (Å²) >= 11 is 0. The zero-order chi connectivity index (χ0) is 14.8. The molecule has 1 aliphatic heterocycles.